The van der Waals surface area contributed by atoms with Gasteiger partial charge in [-0.05, 0) is 91.8 Å². The molecule has 3 aromatic rings. The zero-order valence-electron chi connectivity index (χ0n) is 21.8. The number of carbonyl (C=O) groups excluding carboxylic acids is 1. The lowest BCUT2D eigenvalue weighted by atomic mass is 9.72. The highest BCUT2D eigenvalue weighted by atomic mass is 32.2. The summed E-state index contributed by atoms with van der Waals surface area (Å²) in [5.41, 5.74) is 12.1. The fourth-order valence-corrected chi connectivity index (χ4v) is 7.07. The van der Waals surface area contributed by atoms with Crippen LogP contribution in [0.25, 0.3) is 22.4 Å². The largest absolute Gasteiger partial charge is 0.325 e. The number of aromatic nitrogens is 1. The number of anilines is 1. The SMILES string of the molecule is CCS(=O)(=O)N[C@H]1CC[C@H](CC(=O)Nc2cnc(-c3ccc(C4(N)CCC4)cc3)c(-c3ccsc3)c2)CC1. The van der Waals surface area contributed by atoms with Crippen LogP contribution in [-0.4, -0.2) is 31.1 Å². The van der Waals surface area contributed by atoms with Crippen molar-refractivity contribution in [2.75, 3.05) is 11.1 Å². The molecule has 2 aliphatic rings. The molecule has 0 bridgehead atoms. The summed E-state index contributed by atoms with van der Waals surface area (Å²) in [4.78, 5) is 17.7. The van der Waals surface area contributed by atoms with Gasteiger partial charge in [0.05, 0.1) is 23.3 Å². The van der Waals surface area contributed by atoms with E-state index in [1.54, 1.807) is 24.5 Å². The van der Waals surface area contributed by atoms with Gasteiger partial charge < -0.3 is 11.1 Å². The number of benzene rings is 1. The van der Waals surface area contributed by atoms with E-state index in [0.29, 0.717) is 12.1 Å². The summed E-state index contributed by atoms with van der Waals surface area (Å²) in [6, 6.07) is 12.5. The lowest BCUT2D eigenvalue weighted by Gasteiger charge is -2.38. The predicted octanol–water partition coefficient (Wildman–Crippen LogP) is 5.64. The molecular formula is C29H36N4O3S2. The number of hydrogen-bond acceptors (Lipinski definition) is 6. The minimum absolute atomic E-state index is 0.0256. The fraction of sp³-hybridized carbons (Fsp3) is 0.448. The van der Waals surface area contributed by atoms with Gasteiger partial charge >= 0.3 is 0 Å². The number of thiophene rings is 1. The van der Waals surface area contributed by atoms with Crippen LogP contribution in [-0.2, 0) is 20.4 Å². The van der Waals surface area contributed by atoms with Gasteiger partial charge in [-0.2, -0.15) is 11.3 Å². The van der Waals surface area contributed by atoms with Crippen LogP contribution in [0.4, 0.5) is 5.69 Å². The lowest BCUT2D eigenvalue weighted by Crippen LogP contribution is -2.43. The van der Waals surface area contributed by atoms with E-state index in [9.17, 15) is 13.2 Å². The average molecular weight is 553 g/mol. The van der Waals surface area contributed by atoms with Crippen LogP contribution in [0.3, 0.4) is 0 Å². The molecule has 0 atom stereocenters. The standard InChI is InChI=1S/C29H36N4O3S2/c1-2-38(35,36)33-24-10-4-20(5-11-24)16-27(34)32-25-17-26(22-12-15-37-19-22)28(31-18-25)21-6-8-23(9-7-21)29(30)13-3-14-29/h6-9,12,15,17-20,24,33H,2-5,10-11,13-14,16,30H2,1H3,(H,32,34)/t20-,24-. The lowest BCUT2D eigenvalue weighted by molar-refractivity contribution is -0.117. The minimum Gasteiger partial charge on any atom is -0.325 e. The van der Waals surface area contributed by atoms with Crippen molar-refractivity contribution in [2.24, 2.45) is 11.7 Å². The van der Waals surface area contributed by atoms with Crippen molar-refractivity contribution in [3.63, 3.8) is 0 Å². The molecule has 5 rings (SSSR count). The molecule has 9 heteroatoms. The molecule has 2 aliphatic carbocycles. The first-order chi connectivity index (χ1) is 18.2. The summed E-state index contributed by atoms with van der Waals surface area (Å²) in [6.07, 6.45) is 8.57. The topological polar surface area (TPSA) is 114 Å². The number of carbonyl (C=O) groups is 1. The Bertz CT molecular complexity index is 1360. The van der Waals surface area contributed by atoms with Crippen molar-refractivity contribution in [1.82, 2.24) is 9.71 Å². The van der Waals surface area contributed by atoms with Crippen molar-refractivity contribution < 1.29 is 13.2 Å². The van der Waals surface area contributed by atoms with Crippen LogP contribution < -0.4 is 15.8 Å². The van der Waals surface area contributed by atoms with Gasteiger partial charge in [0.1, 0.15) is 0 Å². The number of amides is 1. The Hall–Kier alpha value is -2.59. The van der Waals surface area contributed by atoms with Crippen molar-refractivity contribution in [2.45, 2.75) is 69.9 Å². The van der Waals surface area contributed by atoms with Gasteiger partial charge in [-0.1, -0.05) is 24.3 Å². The average Bonchev–Trinajstić information content (AvgIpc) is 3.43. The Morgan fingerprint density at radius 3 is 2.45 bits per heavy atom. The number of sulfonamides is 1. The molecule has 2 aromatic heterocycles. The Morgan fingerprint density at radius 2 is 1.84 bits per heavy atom. The maximum Gasteiger partial charge on any atom is 0.224 e. The summed E-state index contributed by atoms with van der Waals surface area (Å²) < 4.78 is 26.5. The molecular weight excluding hydrogens is 516 g/mol. The van der Waals surface area contributed by atoms with Crippen LogP contribution in [0.2, 0.25) is 0 Å². The second-order valence-electron chi connectivity index (χ2n) is 10.7. The third-order valence-electron chi connectivity index (χ3n) is 8.03. The number of nitrogens with one attached hydrogen (secondary N) is 2. The van der Waals surface area contributed by atoms with Crippen LogP contribution >= 0.6 is 11.3 Å². The highest BCUT2D eigenvalue weighted by Crippen LogP contribution is 2.40. The molecule has 2 saturated carbocycles. The van der Waals surface area contributed by atoms with Crippen LogP contribution in [0.1, 0.15) is 63.9 Å². The van der Waals surface area contributed by atoms with Gasteiger partial charge in [0.2, 0.25) is 15.9 Å². The molecule has 1 amide bonds. The quantitative estimate of drug-likeness (QED) is 0.318. The third kappa shape index (κ3) is 6.17. The van der Waals surface area contributed by atoms with E-state index < -0.39 is 10.0 Å². The molecule has 0 unspecified atom stereocenters. The maximum atomic E-state index is 12.9. The molecule has 0 saturated heterocycles. The molecule has 2 heterocycles. The number of nitrogens with two attached hydrogens (primary N) is 1. The Balaban J connectivity index is 1.26. The summed E-state index contributed by atoms with van der Waals surface area (Å²) >= 11 is 1.63. The second-order valence-corrected chi connectivity index (χ2v) is 13.5. The van der Waals surface area contributed by atoms with Gasteiger partial charge in [0, 0.05) is 29.1 Å². The van der Waals surface area contributed by atoms with E-state index in [2.05, 4.69) is 45.8 Å². The van der Waals surface area contributed by atoms with Gasteiger partial charge in [-0.15, -0.1) is 0 Å². The molecule has 4 N–H and O–H groups in total. The van der Waals surface area contributed by atoms with Crippen LogP contribution in [0.5, 0.6) is 0 Å². The maximum absolute atomic E-state index is 12.9. The molecule has 0 radical (unpaired) electrons. The van der Waals surface area contributed by atoms with Crippen molar-refractivity contribution in [3.05, 3.63) is 58.9 Å². The zero-order valence-corrected chi connectivity index (χ0v) is 23.4. The van der Waals surface area contributed by atoms with Crippen LogP contribution in [0.15, 0.2) is 53.4 Å². The monoisotopic (exact) mass is 552 g/mol. The highest BCUT2D eigenvalue weighted by molar-refractivity contribution is 7.89. The Kier molecular flexibility index (Phi) is 8.00. The predicted molar refractivity (Wildman–Crippen MR) is 154 cm³/mol. The molecule has 0 aliphatic heterocycles. The van der Waals surface area contributed by atoms with E-state index >= 15 is 0 Å². The summed E-state index contributed by atoms with van der Waals surface area (Å²) in [5.74, 6) is 0.308. The van der Waals surface area contributed by atoms with E-state index in [1.165, 1.54) is 12.0 Å². The summed E-state index contributed by atoms with van der Waals surface area (Å²) in [6.45, 7) is 1.64. The van der Waals surface area contributed by atoms with E-state index in [4.69, 9.17) is 10.7 Å². The van der Waals surface area contributed by atoms with E-state index in [1.807, 2.05) is 11.4 Å². The van der Waals surface area contributed by atoms with E-state index in [-0.39, 0.29) is 29.2 Å². The Labute approximate surface area is 229 Å². The smallest absolute Gasteiger partial charge is 0.224 e. The summed E-state index contributed by atoms with van der Waals surface area (Å²) in [5, 5.41) is 7.18. The van der Waals surface area contributed by atoms with Crippen LogP contribution in [0, 0.1) is 5.92 Å². The van der Waals surface area contributed by atoms with E-state index in [0.717, 1.165) is 60.9 Å². The van der Waals surface area contributed by atoms with Crippen molar-refractivity contribution in [3.8, 4) is 22.4 Å². The molecule has 1 aromatic carbocycles. The first kappa shape index (κ1) is 27.0. The van der Waals surface area contributed by atoms with Gasteiger partial charge in [0.15, 0.2) is 0 Å². The zero-order chi connectivity index (χ0) is 26.8. The Morgan fingerprint density at radius 1 is 1.11 bits per heavy atom. The van der Waals surface area contributed by atoms with Gasteiger partial charge in [0.25, 0.3) is 0 Å². The first-order valence-corrected chi connectivity index (χ1v) is 16.1. The van der Waals surface area contributed by atoms with Gasteiger partial charge in [-0.3, -0.25) is 9.78 Å². The molecule has 0 spiro atoms. The number of hydrogen-bond donors (Lipinski definition) is 3. The molecule has 202 valence electrons. The number of pyridine rings is 1. The molecule has 7 nitrogen and oxygen atoms in total. The van der Waals surface area contributed by atoms with Gasteiger partial charge in [-0.25, -0.2) is 13.1 Å². The second kappa shape index (κ2) is 11.3. The van der Waals surface area contributed by atoms with Crippen molar-refractivity contribution >= 4 is 33.0 Å². The highest BCUT2D eigenvalue weighted by Gasteiger charge is 2.34. The molecule has 2 fully saturated rings. The first-order valence-electron chi connectivity index (χ1n) is 13.5. The molecule has 38 heavy (non-hydrogen) atoms. The number of rotatable bonds is 9. The fourth-order valence-electron chi connectivity index (χ4n) is 5.50. The normalized spacial score (nSPS) is 21.0. The minimum atomic E-state index is -3.20. The third-order valence-corrected chi connectivity index (χ3v) is 10.2. The number of nitrogens with zero attached hydrogens (tertiary/aromatic N) is 1. The van der Waals surface area contributed by atoms with Crippen molar-refractivity contribution in [1.29, 1.82) is 0 Å². The summed E-state index contributed by atoms with van der Waals surface area (Å²) in [7, 11) is -3.20.